The third kappa shape index (κ3) is 5.30. The minimum absolute atomic E-state index is 0.434. The summed E-state index contributed by atoms with van der Waals surface area (Å²) in [7, 11) is 0. The Hall–Kier alpha value is -6.69. The molecule has 270 valence electrons. The summed E-state index contributed by atoms with van der Waals surface area (Å²) in [6.07, 6.45) is 15.1. The molecule has 1 saturated heterocycles. The van der Waals surface area contributed by atoms with E-state index in [0.29, 0.717) is 22.2 Å². The highest BCUT2D eigenvalue weighted by molar-refractivity contribution is 8.01. The Morgan fingerprint density at radius 3 is 2.11 bits per heavy atom. The van der Waals surface area contributed by atoms with E-state index in [1.807, 2.05) is 12.1 Å². The average Bonchev–Trinajstić information content (AvgIpc) is 3.95. The second-order valence-electron chi connectivity index (χ2n) is 15.2. The van der Waals surface area contributed by atoms with Gasteiger partial charge in [-0.05, 0) is 54.0 Å². The molecule has 3 aromatic heterocycles. The van der Waals surface area contributed by atoms with Crippen molar-refractivity contribution in [3.05, 3.63) is 193 Å². The van der Waals surface area contributed by atoms with Gasteiger partial charge in [-0.1, -0.05) is 146 Å². The number of benzene rings is 6. The molecule has 3 aliphatic rings. The van der Waals surface area contributed by atoms with Crippen LogP contribution in [0.2, 0.25) is 0 Å². The summed E-state index contributed by atoms with van der Waals surface area (Å²) in [6.45, 7) is 0. The predicted octanol–water partition coefficient (Wildman–Crippen LogP) is 13.4. The Labute approximate surface area is 334 Å². The van der Waals surface area contributed by atoms with E-state index in [-0.39, 0.29) is 0 Å². The molecule has 3 unspecified atom stereocenters. The Bertz CT molecular complexity index is 3150. The van der Waals surface area contributed by atoms with Crippen molar-refractivity contribution in [3.63, 3.8) is 0 Å². The molecule has 0 amide bonds. The highest BCUT2D eigenvalue weighted by Gasteiger charge is 2.38. The van der Waals surface area contributed by atoms with Gasteiger partial charge in [0.05, 0.1) is 22.4 Å². The van der Waals surface area contributed by atoms with Crippen LogP contribution < -0.4 is 0 Å². The third-order valence-corrected chi connectivity index (χ3v) is 13.4. The molecule has 3 atom stereocenters. The van der Waals surface area contributed by atoms with Crippen molar-refractivity contribution < 1.29 is 4.42 Å². The van der Waals surface area contributed by atoms with Crippen LogP contribution in [0, 0.1) is 5.92 Å². The zero-order chi connectivity index (χ0) is 37.5. The minimum atomic E-state index is 0.434. The van der Waals surface area contributed by atoms with Crippen LogP contribution >= 0.6 is 11.8 Å². The Balaban J connectivity index is 1.09. The molecule has 0 spiro atoms. The second-order valence-corrected chi connectivity index (χ2v) is 16.6. The number of aromatic nitrogens is 3. The summed E-state index contributed by atoms with van der Waals surface area (Å²) in [5.74, 6) is 1.13. The first-order chi connectivity index (χ1) is 28.2. The molecule has 12 rings (SSSR count). The molecule has 2 aliphatic carbocycles. The fourth-order valence-electron chi connectivity index (χ4n) is 9.17. The molecule has 4 nitrogen and oxygen atoms in total. The van der Waals surface area contributed by atoms with Crippen molar-refractivity contribution in [1.29, 1.82) is 0 Å². The van der Waals surface area contributed by atoms with Crippen molar-refractivity contribution in [2.75, 3.05) is 0 Å². The lowest BCUT2D eigenvalue weighted by Gasteiger charge is -2.20. The monoisotopic (exact) mass is 749 g/mol. The number of hydrogen-bond acceptors (Lipinski definition) is 4. The van der Waals surface area contributed by atoms with E-state index in [1.54, 1.807) is 0 Å². The van der Waals surface area contributed by atoms with Crippen LogP contribution in [-0.4, -0.2) is 25.0 Å². The van der Waals surface area contributed by atoms with E-state index in [2.05, 4.69) is 186 Å². The molecule has 6 aromatic carbocycles. The van der Waals surface area contributed by atoms with Crippen molar-refractivity contribution in [2.45, 2.75) is 16.9 Å². The topological polar surface area (TPSA) is 43.9 Å². The predicted molar refractivity (Wildman–Crippen MR) is 238 cm³/mol. The fourth-order valence-corrected chi connectivity index (χ4v) is 10.7. The maximum Gasteiger partial charge on any atom is 0.160 e. The van der Waals surface area contributed by atoms with Crippen LogP contribution in [0.4, 0.5) is 0 Å². The second kappa shape index (κ2) is 12.9. The van der Waals surface area contributed by atoms with E-state index in [0.717, 1.165) is 78.7 Å². The molecule has 4 heterocycles. The number of nitrogens with zero attached hydrogens (tertiary/aromatic N) is 3. The van der Waals surface area contributed by atoms with Gasteiger partial charge >= 0.3 is 0 Å². The molecule has 1 aliphatic heterocycles. The molecular weight excluding hydrogens is 715 g/mol. The van der Waals surface area contributed by atoms with Gasteiger partial charge in [0.25, 0.3) is 0 Å². The maximum atomic E-state index is 6.75. The molecule has 0 radical (unpaired) electrons. The van der Waals surface area contributed by atoms with Crippen LogP contribution in [0.1, 0.15) is 12.0 Å². The van der Waals surface area contributed by atoms with E-state index in [9.17, 15) is 0 Å². The van der Waals surface area contributed by atoms with E-state index in [1.165, 1.54) is 21.9 Å². The highest BCUT2D eigenvalue weighted by atomic mass is 32.2. The van der Waals surface area contributed by atoms with Gasteiger partial charge in [-0.2, -0.15) is 0 Å². The standard InChI is InChI=1S/C52H35N3OS/c1-3-13-32(14-4-1)44-31-45(33-15-5-2-6-16-33)54-52(53-44)35-23-25-38-37-17-7-10-20-46(37)55(47(38)28-35)36-29-41(51-43(30-36)39-18-8-11-21-48(39)56-51)34-24-26-50-42(27-34)40-19-9-12-22-49(40)57-50/h1-25,27-31,40,49-50H,26H2. The molecule has 1 fully saturated rings. The van der Waals surface area contributed by atoms with E-state index in [4.69, 9.17) is 14.4 Å². The molecule has 5 heteroatoms. The summed E-state index contributed by atoms with van der Waals surface area (Å²) >= 11 is 2.10. The van der Waals surface area contributed by atoms with Gasteiger partial charge in [0.1, 0.15) is 11.2 Å². The van der Waals surface area contributed by atoms with Crippen LogP contribution in [0.25, 0.3) is 88.9 Å². The fraction of sp³-hybridized carbons (Fsp3) is 0.0769. The molecule has 0 saturated carbocycles. The highest BCUT2D eigenvalue weighted by Crippen LogP contribution is 2.51. The Morgan fingerprint density at radius 2 is 1.30 bits per heavy atom. The smallest absolute Gasteiger partial charge is 0.160 e. The Morgan fingerprint density at radius 1 is 0.596 bits per heavy atom. The lowest BCUT2D eigenvalue weighted by atomic mass is 9.84. The van der Waals surface area contributed by atoms with Gasteiger partial charge in [0.15, 0.2) is 5.82 Å². The Kier molecular flexibility index (Phi) is 7.39. The molecular formula is C52H35N3OS. The number of para-hydroxylation sites is 2. The van der Waals surface area contributed by atoms with Gasteiger partial charge in [-0.15, -0.1) is 11.8 Å². The van der Waals surface area contributed by atoms with Crippen LogP contribution in [0.5, 0.6) is 0 Å². The van der Waals surface area contributed by atoms with Crippen molar-refractivity contribution in [1.82, 2.24) is 14.5 Å². The number of thioether (sulfide) groups is 1. The largest absolute Gasteiger partial charge is 0.455 e. The van der Waals surface area contributed by atoms with E-state index < -0.39 is 0 Å². The van der Waals surface area contributed by atoms with Crippen LogP contribution in [0.15, 0.2) is 192 Å². The summed E-state index contributed by atoms with van der Waals surface area (Å²) in [4.78, 5) is 10.4. The van der Waals surface area contributed by atoms with Gasteiger partial charge < -0.3 is 8.98 Å². The first-order valence-corrected chi connectivity index (χ1v) is 20.6. The van der Waals surface area contributed by atoms with Crippen molar-refractivity contribution in [3.8, 4) is 39.6 Å². The van der Waals surface area contributed by atoms with Gasteiger partial charge in [0.2, 0.25) is 0 Å². The first-order valence-electron chi connectivity index (χ1n) is 19.7. The minimum Gasteiger partial charge on any atom is -0.455 e. The summed E-state index contributed by atoms with van der Waals surface area (Å²) in [6, 6.07) is 51.4. The van der Waals surface area contributed by atoms with Gasteiger partial charge in [-0.3, -0.25) is 0 Å². The lowest BCUT2D eigenvalue weighted by molar-refractivity contribution is 0.667. The summed E-state index contributed by atoms with van der Waals surface area (Å²) < 4.78 is 9.17. The first kappa shape index (κ1) is 32.5. The van der Waals surface area contributed by atoms with Crippen molar-refractivity contribution in [2.24, 2.45) is 5.92 Å². The average molecular weight is 750 g/mol. The maximum absolute atomic E-state index is 6.75. The quantitative estimate of drug-likeness (QED) is 0.176. The summed E-state index contributed by atoms with van der Waals surface area (Å²) in [5.41, 5.74) is 13.9. The molecule has 0 N–H and O–H groups in total. The SMILES string of the molecule is C1=CC2SC3CC=C(c4cc(-n5c6ccccc6c6ccc(-c7nc(-c8ccccc8)cc(-c8ccccc8)n7)cc65)cc5c4oc4ccccc45)C=C3C2C=C1. The number of fused-ring (bicyclic) bond motifs is 9. The third-order valence-electron chi connectivity index (χ3n) is 11.9. The normalized spacial score (nSPS) is 18.6. The number of allylic oxidation sites excluding steroid dienone is 6. The van der Waals surface area contributed by atoms with Crippen LogP contribution in [0.3, 0.4) is 0 Å². The zero-order valence-electron chi connectivity index (χ0n) is 30.9. The van der Waals surface area contributed by atoms with Gasteiger partial charge in [0, 0.05) is 65.9 Å². The zero-order valence-corrected chi connectivity index (χ0v) is 31.7. The van der Waals surface area contributed by atoms with Crippen molar-refractivity contribution >= 4 is 61.1 Å². The number of rotatable bonds is 5. The van der Waals surface area contributed by atoms with Gasteiger partial charge in [-0.25, -0.2) is 9.97 Å². The number of hydrogen-bond donors (Lipinski definition) is 0. The summed E-state index contributed by atoms with van der Waals surface area (Å²) in [5, 5.41) is 5.64. The van der Waals surface area contributed by atoms with E-state index >= 15 is 0 Å². The van der Waals surface area contributed by atoms with Crippen LogP contribution in [-0.2, 0) is 0 Å². The molecule has 0 bridgehead atoms. The molecule has 57 heavy (non-hydrogen) atoms. The number of furan rings is 1. The lowest BCUT2D eigenvalue weighted by Crippen LogP contribution is -2.12. The molecule has 9 aromatic rings.